The molecule has 1 N–H and O–H groups in total. The van der Waals surface area contributed by atoms with Gasteiger partial charge in [-0.2, -0.15) is 0 Å². The van der Waals surface area contributed by atoms with Crippen LogP contribution in [0.3, 0.4) is 0 Å². The van der Waals surface area contributed by atoms with Gasteiger partial charge >= 0.3 is 5.97 Å². The molecular weight excluding hydrogens is 360 g/mol. The van der Waals surface area contributed by atoms with Crippen LogP contribution in [-0.4, -0.2) is 20.7 Å². The number of halogens is 2. The van der Waals surface area contributed by atoms with Crippen molar-refractivity contribution in [3.63, 3.8) is 0 Å². The maximum Gasteiger partial charge on any atom is 0.306 e. The number of hydrogen-bond donors (Lipinski definition) is 1. The predicted molar refractivity (Wildman–Crippen MR) is 79.4 cm³/mol. The smallest absolute Gasteiger partial charge is 0.306 e. The van der Waals surface area contributed by atoms with E-state index in [9.17, 15) is 9.90 Å². The average molecular weight is 376 g/mol. The Hall–Kier alpha value is -0.350. The molecule has 0 spiro atoms. The largest absolute Gasteiger partial charge is 0.481 e. The molecule has 0 aliphatic heterocycles. The Kier molecular flexibility index (Phi) is 4.84. The van der Waals surface area contributed by atoms with Crippen molar-refractivity contribution in [2.45, 2.75) is 28.9 Å². The molecule has 4 atom stereocenters. The summed E-state index contributed by atoms with van der Waals surface area (Å²) in [5.74, 6) is -0.703. The van der Waals surface area contributed by atoms with E-state index in [1.807, 2.05) is 18.2 Å². The van der Waals surface area contributed by atoms with E-state index in [0.29, 0.717) is 11.2 Å². The first-order valence-corrected chi connectivity index (χ1v) is 7.96. The molecule has 0 unspecified atom stereocenters. The van der Waals surface area contributed by atoms with Gasteiger partial charge in [-0.25, -0.2) is 0 Å². The third kappa shape index (κ3) is 3.35. The van der Waals surface area contributed by atoms with Gasteiger partial charge in [0, 0.05) is 9.65 Å². The molecule has 98 valence electrons. The lowest BCUT2D eigenvalue weighted by molar-refractivity contribution is -0.144. The average Bonchev–Trinajstić information content (AvgIpc) is 2.34. The third-order valence-electron chi connectivity index (χ3n) is 3.63. The Morgan fingerprint density at radius 3 is 2.39 bits per heavy atom. The second-order valence-corrected chi connectivity index (χ2v) is 7.25. The van der Waals surface area contributed by atoms with E-state index in [-0.39, 0.29) is 16.7 Å². The molecule has 1 fully saturated rings. The molecule has 0 heterocycles. The molecule has 2 nitrogen and oxygen atoms in total. The number of carboxylic acids is 1. The van der Waals surface area contributed by atoms with Gasteiger partial charge in [0.2, 0.25) is 0 Å². The van der Waals surface area contributed by atoms with E-state index in [2.05, 4.69) is 44.0 Å². The number of carbonyl (C=O) groups is 1. The fourth-order valence-corrected chi connectivity index (χ4v) is 3.94. The van der Waals surface area contributed by atoms with E-state index in [1.54, 1.807) is 0 Å². The lowest BCUT2D eigenvalue weighted by Crippen LogP contribution is -2.37. The summed E-state index contributed by atoms with van der Waals surface area (Å²) < 4.78 is 0. The normalized spacial score (nSPS) is 32.1. The zero-order chi connectivity index (χ0) is 13.1. The number of hydrogen-bond acceptors (Lipinski definition) is 1. The van der Waals surface area contributed by atoms with Crippen molar-refractivity contribution in [1.29, 1.82) is 0 Å². The molecule has 1 aliphatic rings. The van der Waals surface area contributed by atoms with Gasteiger partial charge in [-0.05, 0) is 30.7 Å². The highest BCUT2D eigenvalue weighted by Gasteiger charge is 2.38. The molecule has 0 bridgehead atoms. The van der Waals surface area contributed by atoms with Crippen LogP contribution in [0.1, 0.15) is 18.4 Å². The van der Waals surface area contributed by atoms with Crippen molar-refractivity contribution >= 4 is 37.8 Å². The molecule has 18 heavy (non-hydrogen) atoms. The summed E-state index contributed by atoms with van der Waals surface area (Å²) in [4.78, 5) is 12.0. The van der Waals surface area contributed by atoms with Gasteiger partial charge in [0.15, 0.2) is 0 Å². The van der Waals surface area contributed by atoms with Crippen LogP contribution in [0.4, 0.5) is 0 Å². The fourth-order valence-electron chi connectivity index (χ4n) is 2.63. The van der Waals surface area contributed by atoms with E-state index in [4.69, 9.17) is 0 Å². The van der Waals surface area contributed by atoms with Crippen LogP contribution in [0.2, 0.25) is 0 Å². The van der Waals surface area contributed by atoms with Gasteiger partial charge < -0.3 is 5.11 Å². The number of benzene rings is 1. The number of aliphatic carboxylic acids is 1. The van der Waals surface area contributed by atoms with Crippen LogP contribution >= 0.6 is 31.9 Å². The molecule has 0 aromatic heterocycles. The van der Waals surface area contributed by atoms with E-state index in [0.717, 1.165) is 12.8 Å². The standard InChI is InChI=1S/C14H16Br2O2/c15-12-7-10(6-9-4-2-1-3-5-9)11(14(17)18)8-13(12)16/h1-5,10-13H,6-8H2,(H,17,18)/t10-,11+,12-,13-/m0/s1. The lowest BCUT2D eigenvalue weighted by Gasteiger charge is -2.35. The lowest BCUT2D eigenvalue weighted by atomic mass is 9.76. The summed E-state index contributed by atoms with van der Waals surface area (Å²) in [6.07, 6.45) is 2.45. The van der Waals surface area contributed by atoms with Crippen LogP contribution in [0, 0.1) is 11.8 Å². The minimum absolute atomic E-state index is 0.211. The summed E-state index contributed by atoms with van der Waals surface area (Å²) >= 11 is 7.21. The quantitative estimate of drug-likeness (QED) is 0.814. The minimum atomic E-state index is -0.667. The molecule has 4 heteroatoms. The van der Waals surface area contributed by atoms with Crippen LogP contribution < -0.4 is 0 Å². The van der Waals surface area contributed by atoms with Crippen LogP contribution in [0.5, 0.6) is 0 Å². The first-order chi connectivity index (χ1) is 8.58. The second-order valence-electron chi connectivity index (χ2n) is 4.90. The van der Waals surface area contributed by atoms with Crippen molar-refractivity contribution in [1.82, 2.24) is 0 Å². The van der Waals surface area contributed by atoms with Crippen molar-refractivity contribution in [3.05, 3.63) is 35.9 Å². The van der Waals surface area contributed by atoms with Gasteiger partial charge in [0.05, 0.1) is 5.92 Å². The predicted octanol–water partition coefficient (Wildman–Crippen LogP) is 3.87. The molecule has 2 rings (SSSR count). The Balaban J connectivity index is 2.11. The first-order valence-electron chi connectivity index (χ1n) is 6.12. The van der Waals surface area contributed by atoms with Crippen molar-refractivity contribution in [2.75, 3.05) is 0 Å². The Labute approximate surface area is 124 Å². The summed E-state index contributed by atoms with van der Waals surface area (Å²) in [6.45, 7) is 0. The summed E-state index contributed by atoms with van der Waals surface area (Å²) in [7, 11) is 0. The Bertz CT molecular complexity index is 408. The third-order valence-corrected chi connectivity index (χ3v) is 6.36. The molecule has 0 saturated heterocycles. The topological polar surface area (TPSA) is 37.3 Å². The van der Waals surface area contributed by atoms with Crippen molar-refractivity contribution in [2.24, 2.45) is 11.8 Å². The van der Waals surface area contributed by atoms with Crippen molar-refractivity contribution in [3.8, 4) is 0 Å². The van der Waals surface area contributed by atoms with E-state index in [1.165, 1.54) is 5.56 Å². The van der Waals surface area contributed by atoms with Gasteiger partial charge in [0.1, 0.15) is 0 Å². The SMILES string of the molecule is O=C(O)[C@@H]1C[C@H](Br)[C@@H](Br)C[C@@H]1Cc1ccccc1. The zero-order valence-corrected chi connectivity index (χ0v) is 13.1. The van der Waals surface area contributed by atoms with Crippen LogP contribution in [-0.2, 0) is 11.2 Å². The summed E-state index contributed by atoms with van der Waals surface area (Å²) in [6, 6.07) is 10.1. The van der Waals surface area contributed by atoms with Gasteiger partial charge in [0.25, 0.3) is 0 Å². The minimum Gasteiger partial charge on any atom is -0.481 e. The Morgan fingerprint density at radius 2 is 1.78 bits per heavy atom. The number of carboxylic acid groups (broad SMARTS) is 1. The molecule has 1 aromatic carbocycles. The fraction of sp³-hybridized carbons (Fsp3) is 0.500. The van der Waals surface area contributed by atoms with E-state index >= 15 is 0 Å². The molecule has 1 aromatic rings. The van der Waals surface area contributed by atoms with Crippen LogP contribution in [0.25, 0.3) is 0 Å². The maximum atomic E-state index is 11.4. The number of rotatable bonds is 3. The molecule has 0 amide bonds. The second kappa shape index (κ2) is 6.20. The highest BCUT2D eigenvalue weighted by atomic mass is 79.9. The molecular formula is C14H16Br2O2. The number of alkyl halides is 2. The van der Waals surface area contributed by atoms with Crippen LogP contribution in [0.15, 0.2) is 30.3 Å². The van der Waals surface area contributed by atoms with E-state index < -0.39 is 5.97 Å². The van der Waals surface area contributed by atoms with Crippen molar-refractivity contribution < 1.29 is 9.90 Å². The maximum absolute atomic E-state index is 11.4. The summed E-state index contributed by atoms with van der Waals surface area (Å²) in [5, 5.41) is 9.35. The van der Waals surface area contributed by atoms with Gasteiger partial charge in [-0.15, -0.1) is 0 Å². The highest BCUT2D eigenvalue weighted by molar-refractivity contribution is 9.12. The first kappa shape index (κ1) is 14.1. The monoisotopic (exact) mass is 374 g/mol. The van der Waals surface area contributed by atoms with Gasteiger partial charge in [-0.3, -0.25) is 4.79 Å². The van der Waals surface area contributed by atoms with Gasteiger partial charge in [-0.1, -0.05) is 62.2 Å². The zero-order valence-electron chi connectivity index (χ0n) is 9.93. The summed E-state index contributed by atoms with van der Waals surface area (Å²) in [5.41, 5.74) is 1.22. The molecule has 1 saturated carbocycles. The molecule has 1 aliphatic carbocycles. The Morgan fingerprint density at radius 1 is 1.17 bits per heavy atom. The highest BCUT2D eigenvalue weighted by Crippen LogP contribution is 2.39. The molecule has 0 radical (unpaired) electrons.